The molecule has 0 radical (unpaired) electrons. The quantitative estimate of drug-likeness (QED) is 0.798. The fourth-order valence-electron chi connectivity index (χ4n) is 2.49. The summed E-state index contributed by atoms with van der Waals surface area (Å²) in [7, 11) is 0. The van der Waals surface area contributed by atoms with E-state index in [0.717, 1.165) is 5.92 Å². The van der Waals surface area contributed by atoms with E-state index in [2.05, 4.69) is 18.3 Å². The molecule has 1 aliphatic carbocycles. The highest BCUT2D eigenvalue weighted by atomic mass is 32.1. The molecule has 2 rings (SSSR count). The zero-order valence-corrected chi connectivity index (χ0v) is 11.8. The van der Waals surface area contributed by atoms with Crippen LogP contribution in [-0.2, 0) is 11.3 Å². The molecule has 0 aliphatic heterocycles. The monoisotopic (exact) mass is 269 g/mol. The summed E-state index contributed by atoms with van der Waals surface area (Å²) in [6, 6.07) is 4.65. The molecule has 0 amide bonds. The van der Waals surface area contributed by atoms with E-state index >= 15 is 0 Å². The maximum Gasteiger partial charge on any atom is 0.0897 e. The molecular formula is C14H23NO2S. The molecule has 1 heterocycles. The smallest absolute Gasteiger partial charge is 0.0897 e. The van der Waals surface area contributed by atoms with Gasteiger partial charge in [0.05, 0.1) is 19.3 Å². The zero-order valence-electron chi connectivity index (χ0n) is 11.0. The summed E-state index contributed by atoms with van der Waals surface area (Å²) in [6.45, 7) is 3.93. The van der Waals surface area contributed by atoms with Gasteiger partial charge in [-0.25, -0.2) is 0 Å². The zero-order chi connectivity index (χ0) is 12.8. The first-order chi connectivity index (χ1) is 8.75. The van der Waals surface area contributed by atoms with Gasteiger partial charge in [0.25, 0.3) is 0 Å². The van der Waals surface area contributed by atoms with E-state index < -0.39 is 6.10 Å². The standard InChI is InChI=1S/C14H23NO2S/c1-11-4-2-6-14(11)15-8-12(16)9-17-10-13-5-3-7-18-13/h3,5,7,11-12,14-16H,2,4,6,8-10H2,1H3. The predicted molar refractivity (Wildman–Crippen MR) is 74.8 cm³/mol. The Hall–Kier alpha value is -0.420. The summed E-state index contributed by atoms with van der Waals surface area (Å²) in [4.78, 5) is 1.21. The van der Waals surface area contributed by atoms with Crippen molar-refractivity contribution < 1.29 is 9.84 Å². The van der Waals surface area contributed by atoms with Crippen molar-refractivity contribution in [3.8, 4) is 0 Å². The topological polar surface area (TPSA) is 41.5 Å². The van der Waals surface area contributed by atoms with E-state index in [0.29, 0.717) is 25.8 Å². The van der Waals surface area contributed by atoms with Crippen LogP contribution in [0.15, 0.2) is 17.5 Å². The van der Waals surface area contributed by atoms with Crippen molar-refractivity contribution >= 4 is 11.3 Å². The van der Waals surface area contributed by atoms with Gasteiger partial charge in [-0.15, -0.1) is 11.3 Å². The Labute approximate surface area is 113 Å². The lowest BCUT2D eigenvalue weighted by Gasteiger charge is -2.19. The lowest BCUT2D eigenvalue weighted by atomic mass is 10.1. The van der Waals surface area contributed by atoms with E-state index in [9.17, 15) is 5.11 Å². The Bertz CT molecular complexity index is 329. The van der Waals surface area contributed by atoms with Gasteiger partial charge in [-0.05, 0) is 30.2 Å². The molecule has 0 spiro atoms. The maximum absolute atomic E-state index is 9.84. The molecule has 0 bridgehead atoms. The second kappa shape index (κ2) is 7.24. The second-order valence-corrected chi connectivity index (χ2v) is 6.20. The SMILES string of the molecule is CC1CCCC1NCC(O)COCc1cccs1. The second-order valence-electron chi connectivity index (χ2n) is 5.17. The number of nitrogens with one attached hydrogen (secondary N) is 1. The average Bonchev–Trinajstić information content (AvgIpc) is 2.98. The molecule has 3 atom stereocenters. The average molecular weight is 269 g/mol. The van der Waals surface area contributed by atoms with Crippen LogP contribution in [0.2, 0.25) is 0 Å². The number of hydrogen-bond donors (Lipinski definition) is 2. The molecule has 0 saturated heterocycles. The molecule has 1 aromatic rings. The van der Waals surface area contributed by atoms with E-state index in [1.807, 2.05) is 11.4 Å². The largest absolute Gasteiger partial charge is 0.389 e. The van der Waals surface area contributed by atoms with Crippen molar-refractivity contribution in [2.75, 3.05) is 13.2 Å². The van der Waals surface area contributed by atoms with Crippen molar-refractivity contribution in [2.24, 2.45) is 5.92 Å². The van der Waals surface area contributed by atoms with Gasteiger partial charge in [-0.3, -0.25) is 0 Å². The molecule has 2 N–H and O–H groups in total. The van der Waals surface area contributed by atoms with Gasteiger partial charge < -0.3 is 15.2 Å². The van der Waals surface area contributed by atoms with Crippen LogP contribution in [0.5, 0.6) is 0 Å². The van der Waals surface area contributed by atoms with Crippen molar-refractivity contribution in [1.82, 2.24) is 5.32 Å². The maximum atomic E-state index is 9.84. The first-order valence-corrected chi connectivity index (χ1v) is 7.65. The van der Waals surface area contributed by atoms with Gasteiger partial charge in [0.1, 0.15) is 0 Å². The van der Waals surface area contributed by atoms with Crippen LogP contribution in [0, 0.1) is 5.92 Å². The van der Waals surface area contributed by atoms with Crippen LogP contribution >= 0.6 is 11.3 Å². The number of thiophene rings is 1. The minimum absolute atomic E-state index is 0.405. The predicted octanol–water partition coefficient (Wildman–Crippen LogP) is 2.40. The Kier molecular flexibility index (Phi) is 5.63. The third-order valence-corrected chi connectivity index (χ3v) is 4.46. The summed E-state index contributed by atoms with van der Waals surface area (Å²) in [5, 5.41) is 15.3. The number of ether oxygens (including phenoxy) is 1. The van der Waals surface area contributed by atoms with E-state index in [4.69, 9.17) is 4.74 Å². The lowest BCUT2D eigenvalue weighted by Crippen LogP contribution is -2.38. The summed E-state index contributed by atoms with van der Waals surface area (Å²) in [5.74, 6) is 0.740. The normalized spacial score (nSPS) is 25.4. The minimum Gasteiger partial charge on any atom is -0.389 e. The number of hydrogen-bond acceptors (Lipinski definition) is 4. The van der Waals surface area contributed by atoms with Crippen LogP contribution in [-0.4, -0.2) is 30.4 Å². The highest BCUT2D eigenvalue weighted by molar-refractivity contribution is 7.09. The molecule has 0 aromatic carbocycles. The molecule has 3 unspecified atom stereocenters. The third kappa shape index (κ3) is 4.35. The summed E-state index contributed by atoms with van der Waals surface area (Å²) in [6.07, 6.45) is 3.45. The van der Waals surface area contributed by atoms with Crippen LogP contribution < -0.4 is 5.32 Å². The van der Waals surface area contributed by atoms with Crippen LogP contribution in [0.25, 0.3) is 0 Å². The van der Waals surface area contributed by atoms with Crippen LogP contribution in [0.3, 0.4) is 0 Å². The Morgan fingerprint density at radius 3 is 3.11 bits per heavy atom. The van der Waals surface area contributed by atoms with E-state index in [-0.39, 0.29) is 0 Å². The van der Waals surface area contributed by atoms with Gasteiger partial charge >= 0.3 is 0 Å². The van der Waals surface area contributed by atoms with Crippen LogP contribution in [0.1, 0.15) is 31.1 Å². The lowest BCUT2D eigenvalue weighted by molar-refractivity contribution is 0.0281. The molecule has 1 aromatic heterocycles. The van der Waals surface area contributed by atoms with E-state index in [1.165, 1.54) is 24.1 Å². The van der Waals surface area contributed by atoms with Gasteiger partial charge in [0, 0.05) is 17.5 Å². The molecular weight excluding hydrogens is 246 g/mol. The molecule has 102 valence electrons. The van der Waals surface area contributed by atoms with Gasteiger partial charge in [0.15, 0.2) is 0 Å². The van der Waals surface area contributed by atoms with Crippen molar-refractivity contribution in [3.05, 3.63) is 22.4 Å². The Morgan fingerprint density at radius 2 is 2.44 bits per heavy atom. The van der Waals surface area contributed by atoms with E-state index in [1.54, 1.807) is 11.3 Å². The first kappa shape index (κ1) is 14.0. The van der Waals surface area contributed by atoms with Crippen molar-refractivity contribution in [1.29, 1.82) is 0 Å². The summed E-state index contributed by atoms with van der Waals surface area (Å²) < 4.78 is 5.50. The highest BCUT2D eigenvalue weighted by Crippen LogP contribution is 2.24. The van der Waals surface area contributed by atoms with Crippen molar-refractivity contribution in [2.45, 2.75) is 44.9 Å². The highest BCUT2D eigenvalue weighted by Gasteiger charge is 2.23. The molecule has 4 heteroatoms. The Balaban J connectivity index is 1.56. The fraction of sp³-hybridized carbons (Fsp3) is 0.714. The first-order valence-electron chi connectivity index (χ1n) is 6.77. The number of aliphatic hydroxyl groups is 1. The van der Waals surface area contributed by atoms with Crippen LogP contribution in [0.4, 0.5) is 0 Å². The van der Waals surface area contributed by atoms with Gasteiger partial charge in [-0.1, -0.05) is 19.4 Å². The third-order valence-electron chi connectivity index (χ3n) is 3.61. The number of rotatable bonds is 7. The molecule has 1 aliphatic rings. The van der Waals surface area contributed by atoms with Gasteiger partial charge in [-0.2, -0.15) is 0 Å². The summed E-state index contributed by atoms with van der Waals surface area (Å²) >= 11 is 1.69. The molecule has 18 heavy (non-hydrogen) atoms. The summed E-state index contributed by atoms with van der Waals surface area (Å²) in [5.41, 5.74) is 0. The van der Waals surface area contributed by atoms with Gasteiger partial charge in [0.2, 0.25) is 0 Å². The fourth-order valence-corrected chi connectivity index (χ4v) is 3.13. The Morgan fingerprint density at radius 1 is 1.56 bits per heavy atom. The molecule has 1 fully saturated rings. The molecule has 3 nitrogen and oxygen atoms in total. The van der Waals surface area contributed by atoms with Crippen molar-refractivity contribution in [3.63, 3.8) is 0 Å². The minimum atomic E-state index is -0.405. The molecule has 1 saturated carbocycles. The number of aliphatic hydroxyl groups excluding tert-OH is 1.